The average molecular weight is 368 g/mol. The zero-order valence-corrected chi connectivity index (χ0v) is 12.5. The highest BCUT2D eigenvalue weighted by Crippen LogP contribution is 2.22. The molecular formula is C15H13IO3. The molecule has 0 fully saturated rings. The van der Waals surface area contributed by atoms with Crippen LogP contribution < -0.4 is 4.74 Å². The van der Waals surface area contributed by atoms with Crippen molar-refractivity contribution >= 4 is 28.6 Å². The molecule has 2 rings (SSSR count). The van der Waals surface area contributed by atoms with Gasteiger partial charge in [-0.3, -0.25) is 0 Å². The molecule has 0 aliphatic heterocycles. The molecule has 4 heteroatoms. The zero-order chi connectivity index (χ0) is 13.8. The number of benzene rings is 2. The highest BCUT2D eigenvalue weighted by Gasteiger charge is 2.11. The number of halogens is 1. The summed E-state index contributed by atoms with van der Waals surface area (Å²) in [5.74, 6) is -0.577. The van der Waals surface area contributed by atoms with Crippen molar-refractivity contribution in [2.24, 2.45) is 0 Å². The fourth-order valence-electron chi connectivity index (χ4n) is 1.76. The molecule has 0 heterocycles. The number of aryl methyl sites for hydroxylation is 1. The van der Waals surface area contributed by atoms with Gasteiger partial charge in [0.25, 0.3) is 0 Å². The molecule has 2 aromatic rings. The van der Waals surface area contributed by atoms with E-state index in [0.717, 1.165) is 14.7 Å². The normalized spacial score (nSPS) is 10.2. The van der Waals surface area contributed by atoms with Gasteiger partial charge in [0.1, 0.15) is 17.9 Å². The Balaban J connectivity index is 2.17. The van der Waals surface area contributed by atoms with Gasteiger partial charge in [0, 0.05) is 3.57 Å². The molecule has 98 valence electrons. The van der Waals surface area contributed by atoms with E-state index in [1.165, 1.54) is 0 Å². The molecular weight excluding hydrogens is 355 g/mol. The van der Waals surface area contributed by atoms with Crippen molar-refractivity contribution in [2.45, 2.75) is 13.5 Å². The Morgan fingerprint density at radius 2 is 2.05 bits per heavy atom. The molecule has 0 aromatic heterocycles. The number of ether oxygens (including phenoxy) is 1. The van der Waals surface area contributed by atoms with E-state index in [2.05, 4.69) is 22.6 Å². The second-order valence-electron chi connectivity index (χ2n) is 4.22. The minimum absolute atomic E-state index is 0.194. The van der Waals surface area contributed by atoms with Crippen LogP contribution in [-0.2, 0) is 6.61 Å². The molecule has 0 amide bonds. The Morgan fingerprint density at radius 1 is 1.26 bits per heavy atom. The summed E-state index contributed by atoms with van der Waals surface area (Å²) in [4.78, 5) is 11.2. The van der Waals surface area contributed by atoms with Crippen molar-refractivity contribution in [1.29, 1.82) is 0 Å². The monoisotopic (exact) mass is 368 g/mol. The van der Waals surface area contributed by atoms with E-state index >= 15 is 0 Å². The second-order valence-corrected chi connectivity index (χ2v) is 5.47. The summed E-state index contributed by atoms with van der Waals surface area (Å²) in [6.45, 7) is 2.37. The first-order valence-electron chi connectivity index (χ1n) is 5.77. The van der Waals surface area contributed by atoms with Gasteiger partial charge in [-0.15, -0.1) is 0 Å². The van der Waals surface area contributed by atoms with Crippen molar-refractivity contribution in [3.8, 4) is 5.75 Å². The number of rotatable bonds is 4. The van der Waals surface area contributed by atoms with E-state index in [1.807, 2.05) is 37.3 Å². The van der Waals surface area contributed by atoms with Crippen LogP contribution in [0.4, 0.5) is 0 Å². The van der Waals surface area contributed by atoms with Crippen LogP contribution in [0.25, 0.3) is 0 Å². The summed E-state index contributed by atoms with van der Waals surface area (Å²) in [5.41, 5.74) is 2.37. The summed E-state index contributed by atoms with van der Waals surface area (Å²) in [7, 11) is 0. The predicted octanol–water partition coefficient (Wildman–Crippen LogP) is 3.88. The lowest BCUT2D eigenvalue weighted by Crippen LogP contribution is -2.04. The Hall–Kier alpha value is -1.56. The van der Waals surface area contributed by atoms with Gasteiger partial charge < -0.3 is 9.84 Å². The maximum absolute atomic E-state index is 11.2. The Labute approximate surface area is 125 Å². The molecule has 3 nitrogen and oxygen atoms in total. The third-order valence-electron chi connectivity index (χ3n) is 2.65. The van der Waals surface area contributed by atoms with Crippen LogP contribution in [0.5, 0.6) is 5.75 Å². The topological polar surface area (TPSA) is 46.5 Å². The minimum Gasteiger partial charge on any atom is -0.488 e. The lowest BCUT2D eigenvalue weighted by Gasteiger charge is -2.10. The third kappa shape index (κ3) is 3.70. The molecule has 2 aromatic carbocycles. The maximum atomic E-state index is 11.2. The molecule has 0 aliphatic carbocycles. The predicted molar refractivity (Wildman–Crippen MR) is 81.6 cm³/mol. The largest absolute Gasteiger partial charge is 0.488 e. The highest BCUT2D eigenvalue weighted by molar-refractivity contribution is 14.1. The lowest BCUT2D eigenvalue weighted by atomic mass is 10.1. The van der Waals surface area contributed by atoms with E-state index in [1.54, 1.807) is 12.1 Å². The fourth-order valence-corrected chi connectivity index (χ4v) is 2.25. The second kappa shape index (κ2) is 6.06. The smallest absolute Gasteiger partial charge is 0.339 e. The quantitative estimate of drug-likeness (QED) is 0.834. The van der Waals surface area contributed by atoms with Crippen LogP contribution in [0.15, 0.2) is 42.5 Å². The van der Waals surface area contributed by atoms with Crippen molar-refractivity contribution in [1.82, 2.24) is 0 Å². The lowest BCUT2D eigenvalue weighted by molar-refractivity contribution is 0.0691. The van der Waals surface area contributed by atoms with Crippen LogP contribution in [-0.4, -0.2) is 11.1 Å². The van der Waals surface area contributed by atoms with Gasteiger partial charge >= 0.3 is 5.97 Å². The SMILES string of the molecule is Cc1cccc(COc2ccc(I)cc2C(=O)O)c1. The van der Waals surface area contributed by atoms with E-state index < -0.39 is 5.97 Å². The molecule has 0 unspecified atom stereocenters. The number of hydrogen-bond donors (Lipinski definition) is 1. The summed E-state index contributed by atoms with van der Waals surface area (Å²) < 4.78 is 6.48. The van der Waals surface area contributed by atoms with Gasteiger partial charge in [0.15, 0.2) is 0 Å². The first kappa shape index (κ1) is 13.9. The number of carboxylic acids is 1. The zero-order valence-electron chi connectivity index (χ0n) is 10.4. The molecule has 0 atom stereocenters. The van der Waals surface area contributed by atoms with Crippen LogP contribution in [0, 0.1) is 10.5 Å². The third-order valence-corrected chi connectivity index (χ3v) is 3.32. The van der Waals surface area contributed by atoms with E-state index in [9.17, 15) is 4.79 Å². The first-order valence-corrected chi connectivity index (χ1v) is 6.85. The molecule has 0 saturated heterocycles. The van der Waals surface area contributed by atoms with Crippen LogP contribution in [0.3, 0.4) is 0 Å². The van der Waals surface area contributed by atoms with E-state index in [0.29, 0.717) is 12.4 Å². The van der Waals surface area contributed by atoms with Crippen molar-refractivity contribution < 1.29 is 14.6 Å². The molecule has 1 N–H and O–H groups in total. The van der Waals surface area contributed by atoms with Crippen molar-refractivity contribution in [3.05, 3.63) is 62.7 Å². The summed E-state index contributed by atoms with van der Waals surface area (Å²) >= 11 is 2.08. The maximum Gasteiger partial charge on any atom is 0.339 e. The number of carbonyl (C=O) groups is 1. The van der Waals surface area contributed by atoms with Crippen molar-refractivity contribution in [2.75, 3.05) is 0 Å². The Bertz CT molecular complexity index is 608. The molecule has 0 spiro atoms. The Morgan fingerprint density at radius 3 is 2.74 bits per heavy atom. The molecule has 0 bridgehead atoms. The summed E-state index contributed by atoms with van der Waals surface area (Å²) in [5, 5.41) is 9.15. The van der Waals surface area contributed by atoms with Gasteiger partial charge in [-0.1, -0.05) is 29.8 Å². The standard InChI is InChI=1S/C15H13IO3/c1-10-3-2-4-11(7-10)9-19-14-6-5-12(16)8-13(14)15(17)18/h2-8H,9H2,1H3,(H,17,18). The van der Waals surface area contributed by atoms with Gasteiger partial charge in [-0.25, -0.2) is 4.79 Å². The van der Waals surface area contributed by atoms with Crippen LogP contribution >= 0.6 is 22.6 Å². The Kier molecular flexibility index (Phi) is 4.42. The molecule has 19 heavy (non-hydrogen) atoms. The van der Waals surface area contributed by atoms with Crippen LogP contribution in [0.2, 0.25) is 0 Å². The number of hydrogen-bond acceptors (Lipinski definition) is 2. The number of carboxylic acid groups (broad SMARTS) is 1. The van der Waals surface area contributed by atoms with Gasteiger partial charge in [-0.2, -0.15) is 0 Å². The van der Waals surface area contributed by atoms with Gasteiger partial charge in [0.05, 0.1) is 0 Å². The van der Waals surface area contributed by atoms with Crippen LogP contribution in [0.1, 0.15) is 21.5 Å². The van der Waals surface area contributed by atoms with E-state index in [-0.39, 0.29) is 5.56 Å². The van der Waals surface area contributed by atoms with Crippen molar-refractivity contribution in [3.63, 3.8) is 0 Å². The first-order chi connectivity index (χ1) is 9.06. The van der Waals surface area contributed by atoms with Gasteiger partial charge in [0.2, 0.25) is 0 Å². The van der Waals surface area contributed by atoms with Gasteiger partial charge in [-0.05, 0) is 53.3 Å². The molecule has 0 radical (unpaired) electrons. The number of aromatic carboxylic acids is 1. The summed E-state index contributed by atoms with van der Waals surface area (Å²) in [6.07, 6.45) is 0. The highest BCUT2D eigenvalue weighted by atomic mass is 127. The molecule has 0 aliphatic rings. The molecule has 0 saturated carbocycles. The average Bonchev–Trinajstić information content (AvgIpc) is 2.37. The van der Waals surface area contributed by atoms with E-state index in [4.69, 9.17) is 9.84 Å². The fraction of sp³-hybridized carbons (Fsp3) is 0.133. The minimum atomic E-state index is -0.974. The summed E-state index contributed by atoms with van der Waals surface area (Å²) in [6, 6.07) is 13.1.